The van der Waals surface area contributed by atoms with E-state index in [4.69, 9.17) is 5.11 Å². The quantitative estimate of drug-likeness (QED) is 0.910. The number of aromatic nitrogens is 2. The van der Waals surface area contributed by atoms with Gasteiger partial charge in [-0.1, -0.05) is 6.07 Å². The molecule has 3 rings (SSSR count). The highest BCUT2D eigenvalue weighted by Gasteiger charge is 2.29. The van der Waals surface area contributed by atoms with Gasteiger partial charge in [0.15, 0.2) is 0 Å². The summed E-state index contributed by atoms with van der Waals surface area (Å²) in [6.45, 7) is 2.95. The van der Waals surface area contributed by atoms with Crippen molar-refractivity contribution < 1.29 is 9.90 Å². The fourth-order valence-electron chi connectivity index (χ4n) is 2.23. The molecule has 0 unspecified atom stereocenters. The third-order valence-corrected chi connectivity index (χ3v) is 3.40. The molecule has 98 valence electrons. The second-order valence-electron chi connectivity index (χ2n) is 4.77. The van der Waals surface area contributed by atoms with E-state index in [2.05, 4.69) is 21.8 Å². The van der Waals surface area contributed by atoms with Gasteiger partial charge in [-0.3, -0.25) is 0 Å². The lowest BCUT2D eigenvalue weighted by molar-refractivity contribution is 0.0697. The monoisotopic (exact) mass is 257 g/mol. The molecule has 5 nitrogen and oxygen atoms in total. The van der Waals surface area contributed by atoms with E-state index in [9.17, 15) is 4.79 Å². The summed E-state index contributed by atoms with van der Waals surface area (Å²) in [7, 11) is 0. The third-order valence-electron chi connectivity index (χ3n) is 3.40. The highest BCUT2D eigenvalue weighted by molar-refractivity contribution is 5.93. The van der Waals surface area contributed by atoms with Crippen LogP contribution >= 0.6 is 0 Å². The number of fused-ring (bicyclic) bond motifs is 1. The zero-order valence-corrected chi connectivity index (χ0v) is 10.7. The smallest absolute Gasteiger partial charge is 0.335 e. The number of carboxylic acids is 1. The van der Waals surface area contributed by atoms with Gasteiger partial charge in [0.05, 0.1) is 11.1 Å². The van der Waals surface area contributed by atoms with Crippen LogP contribution < -0.4 is 4.90 Å². The van der Waals surface area contributed by atoms with Crippen LogP contribution in [-0.2, 0) is 0 Å². The lowest BCUT2D eigenvalue weighted by atomic mass is 10.1. The zero-order chi connectivity index (χ0) is 13.4. The summed E-state index contributed by atoms with van der Waals surface area (Å²) in [4.78, 5) is 22.0. The van der Waals surface area contributed by atoms with Crippen LogP contribution in [0.2, 0.25) is 0 Å². The Morgan fingerprint density at radius 1 is 1.47 bits per heavy atom. The minimum absolute atomic E-state index is 0.256. The van der Waals surface area contributed by atoms with Crippen molar-refractivity contribution in [3.63, 3.8) is 0 Å². The Balaban J connectivity index is 2.04. The Bertz CT molecular complexity index is 638. The second-order valence-corrected chi connectivity index (χ2v) is 4.77. The van der Waals surface area contributed by atoms with Crippen molar-refractivity contribution in [1.29, 1.82) is 0 Å². The molecular weight excluding hydrogens is 242 g/mol. The van der Waals surface area contributed by atoms with Gasteiger partial charge in [-0.25, -0.2) is 14.8 Å². The Morgan fingerprint density at radius 2 is 2.26 bits per heavy atom. The van der Waals surface area contributed by atoms with Crippen LogP contribution in [0.15, 0.2) is 24.4 Å². The van der Waals surface area contributed by atoms with E-state index in [1.165, 1.54) is 12.8 Å². The molecule has 1 heterocycles. The van der Waals surface area contributed by atoms with Crippen molar-refractivity contribution in [3.05, 3.63) is 30.0 Å². The molecule has 1 aromatic heterocycles. The fourth-order valence-corrected chi connectivity index (χ4v) is 2.23. The largest absolute Gasteiger partial charge is 0.478 e. The molecule has 19 heavy (non-hydrogen) atoms. The Labute approximate surface area is 110 Å². The van der Waals surface area contributed by atoms with Gasteiger partial charge < -0.3 is 10.0 Å². The van der Waals surface area contributed by atoms with E-state index in [-0.39, 0.29) is 5.56 Å². The molecule has 0 radical (unpaired) electrons. The number of nitrogens with zero attached hydrogens (tertiary/aromatic N) is 3. The lowest BCUT2D eigenvalue weighted by Gasteiger charge is -2.20. The van der Waals surface area contributed by atoms with E-state index in [1.807, 2.05) is 0 Å². The lowest BCUT2D eigenvalue weighted by Crippen LogP contribution is -2.27. The molecule has 2 aromatic rings. The Hall–Kier alpha value is -2.17. The Morgan fingerprint density at radius 3 is 2.89 bits per heavy atom. The molecule has 1 saturated carbocycles. The zero-order valence-electron chi connectivity index (χ0n) is 10.7. The molecule has 0 aliphatic heterocycles. The standard InChI is InChI=1S/C14H15N3O2/c1-2-17(11-5-6-11)14-15-8-10-4-3-9(13(18)19)7-12(10)16-14/h3-4,7-8,11H,2,5-6H2,1H3,(H,18,19). The minimum Gasteiger partial charge on any atom is -0.478 e. The molecule has 0 bridgehead atoms. The molecule has 1 aromatic carbocycles. The molecule has 1 aliphatic carbocycles. The highest BCUT2D eigenvalue weighted by Crippen LogP contribution is 2.30. The van der Waals surface area contributed by atoms with Crippen molar-refractivity contribution in [2.75, 3.05) is 11.4 Å². The van der Waals surface area contributed by atoms with Gasteiger partial charge in [-0.15, -0.1) is 0 Å². The summed E-state index contributed by atoms with van der Waals surface area (Å²) >= 11 is 0. The fraction of sp³-hybridized carbons (Fsp3) is 0.357. The van der Waals surface area contributed by atoms with Crippen molar-refractivity contribution >= 4 is 22.8 Å². The summed E-state index contributed by atoms with van der Waals surface area (Å²) < 4.78 is 0. The van der Waals surface area contributed by atoms with Gasteiger partial charge in [0, 0.05) is 24.2 Å². The van der Waals surface area contributed by atoms with E-state index in [1.54, 1.807) is 24.4 Å². The summed E-state index contributed by atoms with van der Waals surface area (Å²) in [5, 5.41) is 9.88. The number of carbonyl (C=O) groups is 1. The number of hydrogen-bond acceptors (Lipinski definition) is 4. The van der Waals surface area contributed by atoms with E-state index >= 15 is 0 Å². The summed E-state index contributed by atoms with van der Waals surface area (Å²) in [5.41, 5.74) is 0.940. The maximum Gasteiger partial charge on any atom is 0.335 e. The van der Waals surface area contributed by atoms with Gasteiger partial charge in [-0.05, 0) is 31.9 Å². The number of hydrogen-bond donors (Lipinski definition) is 1. The van der Waals surface area contributed by atoms with Gasteiger partial charge >= 0.3 is 5.97 Å². The first-order valence-electron chi connectivity index (χ1n) is 6.46. The van der Waals surface area contributed by atoms with E-state index in [0.717, 1.165) is 11.9 Å². The summed E-state index contributed by atoms with van der Waals surface area (Å²) in [6.07, 6.45) is 4.13. The summed E-state index contributed by atoms with van der Waals surface area (Å²) in [5.74, 6) is -0.239. The number of rotatable bonds is 4. The topological polar surface area (TPSA) is 66.3 Å². The maximum atomic E-state index is 11.0. The normalized spacial score (nSPS) is 14.6. The predicted octanol–water partition coefficient (Wildman–Crippen LogP) is 2.32. The molecule has 0 spiro atoms. The molecule has 1 aliphatic rings. The highest BCUT2D eigenvalue weighted by atomic mass is 16.4. The van der Waals surface area contributed by atoms with Crippen molar-refractivity contribution in [2.24, 2.45) is 0 Å². The molecular formula is C14H15N3O2. The average molecular weight is 257 g/mol. The number of anilines is 1. The van der Waals surface area contributed by atoms with Gasteiger partial charge in [0.2, 0.25) is 5.95 Å². The van der Waals surface area contributed by atoms with E-state index in [0.29, 0.717) is 17.5 Å². The maximum absolute atomic E-state index is 11.0. The Kier molecular flexibility index (Phi) is 2.81. The molecule has 0 amide bonds. The van der Waals surface area contributed by atoms with Crippen LogP contribution in [-0.4, -0.2) is 33.6 Å². The van der Waals surface area contributed by atoms with Crippen LogP contribution in [0.25, 0.3) is 10.9 Å². The average Bonchev–Trinajstić information content (AvgIpc) is 3.23. The predicted molar refractivity (Wildman–Crippen MR) is 72.5 cm³/mol. The summed E-state index contributed by atoms with van der Waals surface area (Å²) in [6, 6.07) is 5.47. The van der Waals surface area contributed by atoms with Crippen LogP contribution in [0, 0.1) is 0 Å². The molecule has 0 atom stereocenters. The second kappa shape index (κ2) is 4.50. The van der Waals surface area contributed by atoms with Crippen LogP contribution in [0.1, 0.15) is 30.1 Å². The van der Waals surface area contributed by atoms with Gasteiger partial charge in [-0.2, -0.15) is 0 Å². The number of aromatic carboxylic acids is 1. The third kappa shape index (κ3) is 2.23. The molecule has 0 saturated heterocycles. The first kappa shape index (κ1) is 11.9. The molecule has 1 N–H and O–H groups in total. The van der Waals surface area contributed by atoms with Crippen LogP contribution in [0.5, 0.6) is 0 Å². The SMILES string of the molecule is CCN(c1ncc2ccc(C(=O)O)cc2n1)C1CC1. The van der Waals surface area contributed by atoms with E-state index < -0.39 is 5.97 Å². The first-order valence-corrected chi connectivity index (χ1v) is 6.46. The number of carboxylic acid groups (broad SMARTS) is 1. The van der Waals surface area contributed by atoms with Crippen molar-refractivity contribution in [3.8, 4) is 0 Å². The molecule has 1 fully saturated rings. The van der Waals surface area contributed by atoms with Crippen molar-refractivity contribution in [2.45, 2.75) is 25.8 Å². The van der Waals surface area contributed by atoms with Crippen LogP contribution in [0.3, 0.4) is 0 Å². The number of benzene rings is 1. The van der Waals surface area contributed by atoms with Crippen LogP contribution in [0.4, 0.5) is 5.95 Å². The van der Waals surface area contributed by atoms with Gasteiger partial charge in [0.1, 0.15) is 0 Å². The van der Waals surface area contributed by atoms with Gasteiger partial charge in [0.25, 0.3) is 0 Å². The van der Waals surface area contributed by atoms with Crippen molar-refractivity contribution in [1.82, 2.24) is 9.97 Å². The first-order chi connectivity index (χ1) is 9.19. The molecule has 5 heteroatoms. The minimum atomic E-state index is -0.934.